The summed E-state index contributed by atoms with van der Waals surface area (Å²) in [5, 5.41) is 5.27. The normalized spacial score (nSPS) is 10.6. The van der Waals surface area contributed by atoms with E-state index in [0.717, 1.165) is 29.4 Å². The summed E-state index contributed by atoms with van der Waals surface area (Å²) in [6, 6.07) is 4.06. The van der Waals surface area contributed by atoms with Crippen LogP contribution in [0.2, 0.25) is 0 Å². The minimum absolute atomic E-state index is 0.764. The van der Waals surface area contributed by atoms with Gasteiger partial charge in [-0.1, -0.05) is 13.0 Å². The zero-order valence-corrected chi connectivity index (χ0v) is 8.80. The number of nitrogens with zero attached hydrogens (tertiary/aromatic N) is 1. The molecule has 0 fully saturated rings. The van der Waals surface area contributed by atoms with E-state index in [4.69, 9.17) is 4.42 Å². The van der Waals surface area contributed by atoms with Gasteiger partial charge in [0.15, 0.2) is 12.2 Å². The van der Waals surface area contributed by atoms with Crippen molar-refractivity contribution in [2.24, 2.45) is 0 Å². The highest BCUT2D eigenvalue weighted by atomic mass is 32.1. The summed E-state index contributed by atoms with van der Waals surface area (Å²) >= 11 is 1.67. The first-order chi connectivity index (χ1) is 6.92. The van der Waals surface area contributed by atoms with E-state index in [9.17, 15) is 0 Å². The molecular weight excluding hydrogens is 196 g/mol. The lowest BCUT2D eigenvalue weighted by Crippen LogP contribution is -2.12. The molecule has 2 heterocycles. The van der Waals surface area contributed by atoms with Gasteiger partial charge >= 0.3 is 0 Å². The van der Waals surface area contributed by atoms with Crippen LogP contribution in [-0.4, -0.2) is 11.5 Å². The van der Waals surface area contributed by atoms with Crippen molar-refractivity contribution in [1.82, 2.24) is 10.3 Å². The van der Waals surface area contributed by atoms with Crippen LogP contribution in [0.5, 0.6) is 0 Å². The van der Waals surface area contributed by atoms with Gasteiger partial charge in [-0.25, -0.2) is 4.98 Å². The van der Waals surface area contributed by atoms with Crippen LogP contribution in [-0.2, 0) is 6.54 Å². The van der Waals surface area contributed by atoms with Crippen LogP contribution >= 0.6 is 11.3 Å². The average Bonchev–Trinajstić information content (AvgIpc) is 2.84. The number of rotatable bonds is 4. The number of nitrogens with one attached hydrogen (secondary N) is 1. The van der Waals surface area contributed by atoms with Crippen molar-refractivity contribution in [1.29, 1.82) is 0 Å². The summed E-state index contributed by atoms with van der Waals surface area (Å²) in [5.74, 6) is 0.890. The molecule has 3 nitrogen and oxygen atoms in total. The van der Waals surface area contributed by atoms with E-state index in [1.807, 2.05) is 17.5 Å². The Labute approximate surface area is 86.8 Å². The fourth-order valence-electron chi connectivity index (χ4n) is 1.25. The van der Waals surface area contributed by atoms with Crippen molar-refractivity contribution in [2.75, 3.05) is 6.54 Å². The minimum atomic E-state index is 0.764. The van der Waals surface area contributed by atoms with Crippen LogP contribution in [0.4, 0.5) is 0 Å². The molecule has 0 atom stereocenters. The highest BCUT2D eigenvalue weighted by molar-refractivity contribution is 7.13. The van der Waals surface area contributed by atoms with Gasteiger partial charge in [-0.2, -0.15) is 0 Å². The Morgan fingerprint density at radius 2 is 2.50 bits per heavy atom. The van der Waals surface area contributed by atoms with Gasteiger partial charge in [0.1, 0.15) is 5.69 Å². The maximum atomic E-state index is 5.37. The highest BCUT2D eigenvalue weighted by Crippen LogP contribution is 2.27. The van der Waals surface area contributed by atoms with Gasteiger partial charge in [0, 0.05) is 6.54 Å². The number of hydrogen-bond donors (Lipinski definition) is 1. The van der Waals surface area contributed by atoms with Gasteiger partial charge in [0.2, 0.25) is 0 Å². The van der Waals surface area contributed by atoms with E-state index in [0.29, 0.717) is 0 Å². The highest BCUT2D eigenvalue weighted by Gasteiger charge is 2.10. The fourth-order valence-corrected chi connectivity index (χ4v) is 1.98. The molecule has 2 aromatic rings. The summed E-state index contributed by atoms with van der Waals surface area (Å²) in [6.07, 6.45) is 1.50. The lowest BCUT2D eigenvalue weighted by Gasteiger charge is -1.98. The smallest absolute Gasteiger partial charge is 0.181 e. The molecule has 0 saturated carbocycles. The van der Waals surface area contributed by atoms with Crippen LogP contribution in [0, 0.1) is 0 Å². The maximum absolute atomic E-state index is 5.37. The number of aromatic nitrogens is 1. The molecule has 0 amide bonds. The van der Waals surface area contributed by atoms with E-state index >= 15 is 0 Å². The van der Waals surface area contributed by atoms with Crippen LogP contribution in [0.15, 0.2) is 28.3 Å². The van der Waals surface area contributed by atoms with Crippen LogP contribution in [0.1, 0.15) is 12.6 Å². The molecule has 0 aliphatic rings. The SMILES string of the molecule is CCNCc1ncoc1-c1cccs1. The monoisotopic (exact) mass is 208 g/mol. The number of oxazole rings is 1. The second-order valence-electron chi connectivity index (χ2n) is 2.89. The van der Waals surface area contributed by atoms with Crippen molar-refractivity contribution in [3.8, 4) is 10.6 Å². The number of thiophene rings is 1. The van der Waals surface area contributed by atoms with Crippen molar-refractivity contribution < 1.29 is 4.42 Å². The zero-order chi connectivity index (χ0) is 9.80. The molecule has 0 aromatic carbocycles. The van der Waals surface area contributed by atoms with Crippen molar-refractivity contribution in [3.63, 3.8) is 0 Å². The quantitative estimate of drug-likeness (QED) is 0.839. The summed E-state index contributed by atoms with van der Waals surface area (Å²) in [7, 11) is 0. The third kappa shape index (κ3) is 1.86. The Balaban J connectivity index is 2.22. The standard InChI is InChI=1S/C10H12N2OS/c1-2-11-6-8-10(13-7-12-8)9-4-3-5-14-9/h3-5,7,11H,2,6H2,1H3. The summed E-state index contributed by atoms with van der Waals surface area (Å²) in [4.78, 5) is 5.32. The van der Waals surface area contributed by atoms with Gasteiger partial charge < -0.3 is 9.73 Å². The molecule has 74 valence electrons. The van der Waals surface area contributed by atoms with Gasteiger partial charge in [-0.15, -0.1) is 11.3 Å². The first-order valence-electron chi connectivity index (χ1n) is 4.58. The fraction of sp³-hybridized carbons (Fsp3) is 0.300. The summed E-state index contributed by atoms with van der Waals surface area (Å²) in [5.41, 5.74) is 0.981. The Bertz CT molecular complexity index is 380. The van der Waals surface area contributed by atoms with E-state index in [2.05, 4.69) is 17.2 Å². The van der Waals surface area contributed by atoms with Gasteiger partial charge in [-0.3, -0.25) is 0 Å². The zero-order valence-electron chi connectivity index (χ0n) is 7.99. The molecule has 0 aliphatic carbocycles. The van der Waals surface area contributed by atoms with Crippen LogP contribution in [0.3, 0.4) is 0 Å². The van der Waals surface area contributed by atoms with Gasteiger partial charge in [-0.05, 0) is 18.0 Å². The molecule has 0 unspecified atom stereocenters. The van der Waals surface area contributed by atoms with Crippen molar-refractivity contribution in [2.45, 2.75) is 13.5 Å². The molecule has 4 heteroatoms. The summed E-state index contributed by atoms with van der Waals surface area (Å²) < 4.78 is 5.37. The van der Waals surface area contributed by atoms with E-state index in [-0.39, 0.29) is 0 Å². The lowest BCUT2D eigenvalue weighted by atomic mass is 10.3. The molecule has 1 N–H and O–H groups in total. The molecule has 14 heavy (non-hydrogen) atoms. The number of hydrogen-bond acceptors (Lipinski definition) is 4. The molecule has 2 aromatic heterocycles. The Morgan fingerprint density at radius 1 is 1.57 bits per heavy atom. The van der Waals surface area contributed by atoms with E-state index in [1.54, 1.807) is 11.3 Å². The topological polar surface area (TPSA) is 38.1 Å². The maximum Gasteiger partial charge on any atom is 0.181 e. The molecule has 0 aliphatic heterocycles. The molecule has 0 saturated heterocycles. The third-order valence-electron chi connectivity index (χ3n) is 1.93. The van der Waals surface area contributed by atoms with Gasteiger partial charge in [0.25, 0.3) is 0 Å². The van der Waals surface area contributed by atoms with Crippen LogP contribution < -0.4 is 5.32 Å². The molecule has 0 radical (unpaired) electrons. The minimum Gasteiger partial charge on any atom is -0.442 e. The predicted octanol–water partition coefficient (Wildman–Crippen LogP) is 2.51. The third-order valence-corrected chi connectivity index (χ3v) is 2.80. The summed E-state index contributed by atoms with van der Waals surface area (Å²) in [6.45, 7) is 3.78. The van der Waals surface area contributed by atoms with Crippen molar-refractivity contribution >= 4 is 11.3 Å². The molecule has 0 spiro atoms. The Kier molecular flexibility index (Phi) is 2.96. The predicted molar refractivity (Wildman–Crippen MR) is 57.2 cm³/mol. The lowest BCUT2D eigenvalue weighted by molar-refractivity contribution is 0.571. The average molecular weight is 208 g/mol. The van der Waals surface area contributed by atoms with Crippen molar-refractivity contribution in [3.05, 3.63) is 29.6 Å². The first-order valence-corrected chi connectivity index (χ1v) is 5.46. The second kappa shape index (κ2) is 4.39. The first kappa shape index (κ1) is 9.43. The largest absolute Gasteiger partial charge is 0.442 e. The molecule has 0 bridgehead atoms. The van der Waals surface area contributed by atoms with Gasteiger partial charge in [0.05, 0.1) is 4.88 Å². The molecular formula is C10H12N2OS. The van der Waals surface area contributed by atoms with E-state index < -0.39 is 0 Å². The Hall–Kier alpha value is -1.13. The van der Waals surface area contributed by atoms with E-state index in [1.165, 1.54) is 6.39 Å². The van der Waals surface area contributed by atoms with Crippen LogP contribution in [0.25, 0.3) is 10.6 Å². The second-order valence-corrected chi connectivity index (χ2v) is 3.83. The Morgan fingerprint density at radius 3 is 3.21 bits per heavy atom. The molecule has 2 rings (SSSR count).